The highest BCUT2D eigenvalue weighted by Gasteiger charge is 2.15. The molecule has 0 fully saturated rings. The van der Waals surface area contributed by atoms with Gasteiger partial charge < -0.3 is 9.47 Å². The summed E-state index contributed by atoms with van der Waals surface area (Å²) in [6, 6.07) is 17.2. The highest BCUT2D eigenvalue weighted by atomic mass is 16.6. The van der Waals surface area contributed by atoms with Crippen LogP contribution in [-0.4, -0.2) is 11.6 Å². The Kier molecular flexibility index (Phi) is 13.0. The number of ether oxygens (including phenoxy) is 2. The molecule has 2 rings (SSSR count). The molecule has 0 N–H and O–H groups in total. The second kappa shape index (κ2) is 15.7. The van der Waals surface area contributed by atoms with E-state index in [2.05, 4.69) is 55.5 Å². The molecule has 0 saturated heterocycles. The van der Waals surface area contributed by atoms with Gasteiger partial charge in [0.2, 0.25) is 0 Å². The fourth-order valence-corrected chi connectivity index (χ4v) is 3.99. The van der Waals surface area contributed by atoms with Gasteiger partial charge in [-0.05, 0) is 62.3 Å². The summed E-state index contributed by atoms with van der Waals surface area (Å²) in [6.45, 7) is 9.17. The quantitative estimate of drug-likeness (QED) is 0.184. The van der Waals surface area contributed by atoms with Crippen molar-refractivity contribution in [2.24, 2.45) is 0 Å². The second-order valence-corrected chi connectivity index (χ2v) is 10.4. The van der Waals surface area contributed by atoms with Crippen molar-refractivity contribution in [1.82, 2.24) is 0 Å². The summed E-state index contributed by atoms with van der Waals surface area (Å²) >= 11 is 0. The van der Waals surface area contributed by atoms with E-state index < -0.39 is 5.60 Å². The van der Waals surface area contributed by atoms with Gasteiger partial charge >= 0.3 is 5.97 Å². The van der Waals surface area contributed by atoms with E-state index in [-0.39, 0.29) is 5.97 Å². The van der Waals surface area contributed by atoms with E-state index in [1.54, 1.807) is 0 Å². The molecule has 0 aliphatic heterocycles. The van der Waals surface area contributed by atoms with E-state index in [1.165, 1.54) is 68.9 Å². The third kappa shape index (κ3) is 12.9. The lowest BCUT2D eigenvalue weighted by atomic mass is 10.0. The second-order valence-electron chi connectivity index (χ2n) is 10.4. The topological polar surface area (TPSA) is 35.5 Å². The molecule has 188 valence electrons. The zero-order valence-electron chi connectivity index (χ0n) is 22.0. The minimum absolute atomic E-state index is 0.149. The minimum atomic E-state index is -0.425. The van der Waals surface area contributed by atoms with Crippen molar-refractivity contribution in [3.8, 4) is 0 Å². The molecule has 0 aliphatic carbocycles. The summed E-state index contributed by atoms with van der Waals surface area (Å²) in [4.78, 5) is 11.9. The van der Waals surface area contributed by atoms with Crippen LogP contribution in [0.2, 0.25) is 0 Å². The molecule has 0 atom stereocenters. The number of esters is 1. The van der Waals surface area contributed by atoms with Crippen LogP contribution < -0.4 is 0 Å². The Hall–Kier alpha value is -2.13. The number of hydrogen-bond donors (Lipinski definition) is 0. The molecule has 0 spiro atoms. The van der Waals surface area contributed by atoms with Gasteiger partial charge in [-0.3, -0.25) is 4.79 Å². The molecule has 0 amide bonds. The van der Waals surface area contributed by atoms with E-state index in [1.807, 2.05) is 20.8 Å². The van der Waals surface area contributed by atoms with Crippen molar-refractivity contribution >= 4 is 5.97 Å². The molecule has 0 aliphatic rings. The number of hydrogen-bond acceptors (Lipinski definition) is 3. The first kappa shape index (κ1) is 28.1. The van der Waals surface area contributed by atoms with Gasteiger partial charge in [0.25, 0.3) is 0 Å². The summed E-state index contributed by atoms with van der Waals surface area (Å²) in [5, 5.41) is 0. The SMILES string of the molecule is CCCCCCCCCCc1ccc(COCc2ccc(CCC(=O)OC(C)(C)C)cc2)cc1. The summed E-state index contributed by atoms with van der Waals surface area (Å²) in [5.41, 5.74) is 4.51. The van der Waals surface area contributed by atoms with Gasteiger partial charge in [-0.25, -0.2) is 0 Å². The standard InChI is InChI=1S/C31H46O3/c1-5-6-7-8-9-10-11-12-13-26-14-18-28(19-15-26)24-33-25-29-20-16-27(17-21-29)22-23-30(32)34-31(2,3)4/h14-21H,5-13,22-25H2,1-4H3. The van der Waals surface area contributed by atoms with Gasteiger partial charge in [-0.15, -0.1) is 0 Å². The third-order valence-electron chi connectivity index (χ3n) is 5.94. The number of carbonyl (C=O) groups is 1. The maximum Gasteiger partial charge on any atom is 0.306 e. The Bertz CT molecular complexity index is 800. The predicted octanol–water partition coefficient (Wildman–Crippen LogP) is 8.36. The molecule has 2 aromatic carbocycles. The molecule has 0 unspecified atom stereocenters. The third-order valence-corrected chi connectivity index (χ3v) is 5.94. The lowest BCUT2D eigenvalue weighted by Gasteiger charge is -2.19. The van der Waals surface area contributed by atoms with Crippen LogP contribution in [0, 0.1) is 0 Å². The van der Waals surface area contributed by atoms with Crippen molar-refractivity contribution < 1.29 is 14.3 Å². The van der Waals surface area contributed by atoms with Crippen LogP contribution >= 0.6 is 0 Å². The number of unbranched alkanes of at least 4 members (excludes halogenated alkanes) is 7. The lowest BCUT2D eigenvalue weighted by Crippen LogP contribution is -2.23. The van der Waals surface area contributed by atoms with Crippen molar-refractivity contribution in [1.29, 1.82) is 0 Å². The molecular weight excluding hydrogens is 420 g/mol. The predicted molar refractivity (Wildman–Crippen MR) is 142 cm³/mol. The number of rotatable bonds is 16. The number of carbonyl (C=O) groups excluding carboxylic acids is 1. The molecule has 3 nitrogen and oxygen atoms in total. The Morgan fingerprint density at radius 2 is 1.09 bits per heavy atom. The molecule has 0 bridgehead atoms. The average molecular weight is 467 g/mol. The Labute approximate surface area is 208 Å². The van der Waals surface area contributed by atoms with E-state index >= 15 is 0 Å². The Morgan fingerprint density at radius 3 is 1.59 bits per heavy atom. The van der Waals surface area contributed by atoms with Gasteiger partial charge in [-0.1, -0.05) is 100 Å². The number of benzene rings is 2. The molecule has 2 aromatic rings. The first-order valence-electron chi connectivity index (χ1n) is 13.3. The Morgan fingerprint density at radius 1 is 0.647 bits per heavy atom. The normalized spacial score (nSPS) is 11.5. The van der Waals surface area contributed by atoms with Gasteiger partial charge in [0.1, 0.15) is 5.60 Å². The zero-order chi connectivity index (χ0) is 24.7. The molecule has 0 heterocycles. The summed E-state index contributed by atoms with van der Waals surface area (Å²) in [5.74, 6) is -0.149. The van der Waals surface area contributed by atoms with Gasteiger partial charge in [0.15, 0.2) is 0 Å². The molecule has 0 radical (unpaired) electrons. The maximum absolute atomic E-state index is 11.9. The highest BCUT2D eigenvalue weighted by molar-refractivity contribution is 5.70. The summed E-state index contributed by atoms with van der Waals surface area (Å²) < 4.78 is 11.3. The largest absolute Gasteiger partial charge is 0.460 e. The van der Waals surface area contributed by atoms with Gasteiger partial charge in [0.05, 0.1) is 13.2 Å². The van der Waals surface area contributed by atoms with Gasteiger partial charge in [0, 0.05) is 6.42 Å². The molecule has 34 heavy (non-hydrogen) atoms. The van der Waals surface area contributed by atoms with E-state index in [4.69, 9.17) is 9.47 Å². The summed E-state index contributed by atoms with van der Waals surface area (Å²) in [6.07, 6.45) is 13.2. The van der Waals surface area contributed by atoms with Gasteiger partial charge in [-0.2, -0.15) is 0 Å². The smallest absolute Gasteiger partial charge is 0.306 e. The highest BCUT2D eigenvalue weighted by Crippen LogP contribution is 2.15. The van der Waals surface area contributed by atoms with Crippen LogP contribution in [0.25, 0.3) is 0 Å². The van der Waals surface area contributed by atoms with E-state index in [0.717, 1.165) is 11.1 Å². The summed E-state index contributed by atoms with van der Waals surface area (Å²) in [7, 11) is 0. The maximum atomic E-state index is 11.9. The fraction of sp³-hybridized carbons (Fsp3) is 0.581. The molecule has 3 heteroatoms. The van der Waals surface area contributed by atoms with Crippen LogP contribution in [0.3, 0.4) is 0 Å². The van der Waals surface area contributed by atoms with Crippen molar-refractivity contribution in [3.63, 3.8) is 0 Å². The fourth-order valence-electron chi connectivity index (χ4n) is 3.99. The zero-order valence-corrected chi connectivity index (χ0v) is 22.0. The first-order chi connectivity index (χ1) is 16.4. The first-order valence-corrected chi connectivity index (χ1v) is 13.3. The van der Waals surface area contributed by atoms with Crippen LogP contribution in [0.1, 0.15) is 108 Å². The average Bonchev–Trinajstić information content (AvgIpc) is 2.80. The number of aryl methyl sites for hydroxylation is 2. The molecule has 0 saturated carbocycles. The van der Waals surface area contributed by atoms with Crippen molar-refractivity contribution in [3.05, 3.63) is 70.8 Å². The lowest BCUT2D eigenvalue weighted by molar-refractivity contribution is -0.154. The van der Waals surface area contributed by atoms with Crippen molar-refractivity contribution in [2.75, 3.05) is 0 Å². The van der Waals surface area contributed by atoms with Crippen LogP contribution in [0.4, 0.5) is 0 Å². The van der Waals surface area contributed by atoms with Crippen LogP contribution in [-0.2, 0) is 40.3 Å². The van der Waals surface area contributed by atoms with E-state index in [0.29, 0.717) is 26.1 Å². The Balaban J connectivity index is 1.60. The monoisotopic (exact) mass is 466 g/mol. The molecule has 0 aromatic heterocycles. The van der Waals surface area contributed by atoms with E-state index in [9.17, 15) is 4.79 Å². The van der Waals surface area contributed by atoms with Crippen molar-refractivity contribution in [2.45, 2.75) is 117 Å². The minimum Gasteiger partial charge on any atom is -0.460 e. The van der Waals surface area contributed by atoms with Crippen LogP contribution in [0.15, 0.2) is 48.5 Å². The molecular formula is C31H46O3. The van der Waals surface area contributed by atoms with Crippen LogP contribution in [0.5, 0.6) is 0 Å².